The number of rotatable bonds is 6. The molecule has 1 amide bonds. The third-order valence-corrected chi connectivity index (χ3v) is 3.33. The van der Waals surface area contributed by atoms with E-state index < -0.39 is 0 Å². The van der Waals surface area contributed by atoms with E-state index in [-0.39, 0.29) is 11.9 Å². The van der Waals surface area contributed by atoms with Gasteiger partial charge in [-0.3, -0.25) is 9.89 Å². The molecule has 0 saturated carbocycles. The molecule has 2 rings (SSSR count). The van der Waals surface area contributed by atoms with Crippen LogP contribution >= 0.6 is 0 Å². The number of aromatic amines is 1. The van der Waals surface area contributed by atoms with E-state index in [4.69, 9.17) is 4.74 Å². The number of carbonyl (C=O) groups is 1. The summed E-state index contributed by atoms with van der Waals surface area (Å²) < 4.78 is 5.42. The summed E-state index contributed by atoms with van der Waals surface area (Å²) in [5.41, 5.74) is 1.49. The van der Waals surface area contributed by atoms with Gasteiger partial charge in [0.15, 0.2) is 0 Å². The molecule has 1 aromatic carbocycles. The molecular formula is C15H21N3O2. The number of H-pyrrole nitrogens is 1. The molecule has 1 atom stereocenters. The van der Waals surface area contributed by atoms with Crippen molar-refractivity contribution >= 4 is 16.8 Å². The van der Waals surface area contributed by atoms with Crippen molar-refractivity contribution in [2.75, 3.05) is 13.2 Å². The van der Waals surface area contributed by atoms with Gasteiger partial charge in [0.1, 0.15) is 0 Å². The first-order valence-corrected chi connectivity index (χ1v) is 6.93. The molecule has 5 nitrogen and oxygen atoms in total. The fourth-order valence-corrected chi connectivity index (χ4v) is 1.98. The van der Waals surface area contributed by atoms with E-state index in [0.29, 0.717) is 24.7 Å². The first kappa shape index (κ1) is 14.5. The predicted molar refractivity (Wildman–Crippen MR) is 78.7 cm³/mol. The molecule has 0 radical (unpaired) electrons. The Morgan fingerprint density at radius 2 is 2.25 bits per heavy atom. The lowest BCUT2D eigenvalue weighted by molar-refractivity contribution is 0.0806. The maximum Gasteiger partial charge on any atom is 0.251 e. The van der Waals surface area contributed by atoms with E-state index in [1.165, 1.54) is 0 Å². The Bertz CT molecular complexity index is 577. The summed E-state index contributed by atoms with van der Waals surface area (Å²) in [6, 6.07) is 5.53. The van der Waals surface area contributed by atoms with Gasteiger partial charge in [-0.2, -0.15) is 5.10 Å². The van der Waals surface area contributed by atoms with Gasteiger partial charge in [0.25, 0.3) is 5.91 Å². The highest BCUT2D eigenvalue weighted by molar-refractivity contribution is 5.97. The lowest BCUT2D eigenvalue weighted by Gasteiger charge is -2.22. The Balaban J connectivity index is 2.08. The largest absolute Gasteiger partial charge is 0.380 e. The molecule has 0 aliphatic heterocycles. The fraction of sp³-hybridized carbons (Fsp3) is 0.467. The van der Waals surface area contributed by atoms with Crippen molar-refractivity contribution in [3.63, 3.8) is 0 Å². The summed E-state index contributed by atoms with van der Waals surface area (Å²) >= 11 is 0. The van der Waals surface area contributed by atoms with E-state index in [2.05, 4.69) is 29.4 Å². The van der Waals surface area contributed by atoms with Gasteiger partial charge in [-0.25, -0.2) is 0 Å². The predicted octanol–water partition coefficient (Wildman–Crippen LogP) is 2.35. The zero-order valence-corrected chi connectivity index (χ0v) is 12.1. The molecule has 1 aromatic heterocycles. The number of hydrogen-bond acceptors (Lipinski definition) is 3. The Labute approximate surface area is 118 Å². The zero-order valence-electron chi connectivity index (χ0n) is 12.1. The molecule has 0 fully saturated rings. The van der Waals surface area contributed by atoms with E-state index in [0.717, 1.165) is 10.9 Å². The van der Waals surface area contributed by atoms with Crippen LogP contribution in [0.2, 0.25) is 0 Å². The van der Waals surface area contributed by atoms with Crippen LogP contribution in [0.5, 0.6) is 0 Å². The molecule has 5 heteroatoms. The van der Waals surface area contributed by atoms with Gasteiger partial charge in [0.2, 0.25) is 0 Å². The standard InChI is InChI=1S/C15H21N3O2/c1-4-20-9-14(10(2)3)17-15(19)11-5-6-12-8-16-18-13(12)7-11/h5-8,10,14H,4,9H2,1-3H3,(H,16,18)(H,17,19). The van der Waals surface area contributed by atoms with Gasteiger partial charge in [-0.05, 0) is 25.0 Å². The molecule has 0 saturated heterocycles. The molecule has 0 aliphatic rings. The number of carbonyl (C=O) groups excluding carboxylic acids is 1. The molecule has 1 heterocycles. The van der Waals surface area contributed by atoms with E-state index >= 15 is 0 Å². The molecule has 2 N–H and O–H groups in total. The highest BCUT2D eigenvalue weighted by atomic mass is 16.5. The van der Waals surface area contributed by atoms with Crippen LogP contribution in [0.3, 0.4) is 0 Å². The van der Waals surface area contributed by atoms with Gasteiger partial charge < -0.3 is 10.1 Å². The second-order valence-corrected chi connectivity index (χ2v) is 5.16. The third kappa shape index (κ3) is 3.36. The summed E-state index contributed by atoms with van der Waals surface area (Å²) in [6.45, 7) is 7.28. The van der Waals surface area contributed by atoms with Crippen molar-refractivity contribution < 1.29 is 9.53 Å². The Morgan fingerprint density at radius 3 is 2.95 bits per heavy atom. The van der Waals surface area contributed by atoms with E-state index in [1.54, 1.807) is 6.20 Å². The average Bonchev–Trinajstić information content (AvgIpc) is 2.90. The van der Waals surface area contributed by atoms with Crippen LogP contribution in [0.4, 0.5) is 0 Å². The second kappa shape index (κ2) is 6.52. The highest BCUT2D eigenvalue weighted by Gasteiger charge is 2.17. The monoisotopic (exact) mass is 275 g/mol. The highest BCUT2D eigenvalue weighted by Crippen LogP contribution is 2.13. The summed E-state index contributed by atoms with van der Waals surface area (Å²) in [5.74, 6) is 0.237. The van der Waals surface area contributed by atoms with Gasteiger partial charge >= 0.3 is 0 Å². The minimum atomic E-state index is -0.0834. The number of fused-ring (bicyclic) bond motifs is 1. The van der Waals surface area contributed by atoms with Crippen LogP contribution in [0, 0.1) is 5.92 Å². The van der Waals surface area contributed by atoms with Gasteiger partial charge in [0.05, 0.1) is 24.4 Å². The van der Waals surface area contributed by atoms with Crippen LogP contribution in [-0.2, 0) is 4.74 Å². The Hall–Kier alpha value is -1.88. The first-order chi connectivity index (χ1) is 9.61. The summed E-state index contributed by atoms with van der Waals surface area (Å²) in [6.07, 6.45) is 1.74. The normalized spacial score (nSPS) is 12.8. The zero-order chi connectivity index (χ0) is 14.5. The van der Waals surface area contributed by atoms with Crippen LogP contribution in [0.25, 0.3) is 10.9 Å². The van der Waals surface area contributed by atoms with Gasteiger partial charge in [-0.1, -0.05) is 19.9 Å². The van der Waals surface area contributed by atoms with E-state index in [1.807, 2.05) is 25.1 Å². The summed E-state index contributed by atoms with van der Waals surface area (Å²) in [4.78, 5) is 12.3. The number of hydrogen-bond donors (Lipinski definition) is 2. The minimum absolute atomic E-state index is 0.0138. The van der Waals surface area contributed by atoms with Crippen molar-refractivity contribution in [1.82, 2.24) is 15.5 Å². The number of ether oxygens (including phenoxy) is 1. The summed E-state index contributed by atoms with van der Waals surface area (Å²) in [5, 5.41) is 10.8. The Kier molecular flexibility index (Phi) is 4.74. The molecular weight excluding hydrogens is 254 g/mol. The lowest BCUT2D eigenvalue weighted by atomic mass is 10.0. The summed E-state index contributed by atoms with van der Waals surface area (Å²) in [7, 11) is 0. The van der Waals surface area contributed by atoms with Crippen LogP contribution in [-0.4, -0.2) is 35.4 Å². The van der Waals surface area contributed by atoms with E-state index in [9.17, 15) is 4.79 Å². The number of nitrogens with one attached hydrogen (secondary N) is 2. The van der Waals surface area contributed by atoms with Gasteiger partial charge in [-0.15, -0.1) is 0 Å². The molecule has 0 aliphatic carbocycles. The minimum Gasteiger partial charge on any atom is -0.380 e. The topological polar surface area (TPSA) is 67.0 Å². The van der Waals surface area contributed by atoms with Crippen LogP contribution in [0.1, 0.15) is 31.1 Å². The quantitative estimate of drug-likeness (QED) is 0.850. The third-order valence-electron chi connectivity index (χ3n) is 3.33. The number of amides is 1. The average molecular weight is 275 g/mol. The van der Waals surface area contributed by atoms with Gasteiger partial charge in [0, 0.05) is 17.6 Å². The Morgan fingerprint density at radius 1 is 1.45 bits per heavy atom. The second-order valence-electron chi connectivity index (χ2n) is 5.16. The fourth-order valence-electron chi connectivity index (χ4n) is 1.98. The molecule has 0 bridgehead atoms. The van der Waals surface area contributed by atoms with Crippen molar-refractivity contribution in [1.29, 1.82) is 0 Å². The molecule has 108 valence electrons. The maximum atomic E-state index is 12.3. The number of aromatic nitrogens is 2. The molecule has 1 unspecified atom stereocenters. The molecule has 20 heavy (non-hydrogen) atoms. The smallest absolute Gasteiger partial charge is 0.251 e. The van der Waals surface area contributed by atoms with Crippen molar-refractivity contribution in [3.05, 3.63) is 30.0 Å². The van der Waals surface area contributed by atoms with Crippen molar-refractivity contribution in [2.45, 2.75) is 26.8 Å². The first-order valence-electron chi connectivity index (χ1n) is 6.93. The lowest BCUT2D eigenvalue weighted by Crippen LogP contribution is -2.41. The van der Waals surface area contributed by atoms with Crippen LogP contribution in [0.15, 0.2) is 24.4 Å². The molecule has 2 aromatic rings. The van der Waals surface area contributed by atoms with Crippen molar-refractivity contribution in [2.24, 2.45) is 5.92 Å². The maximum absolute atomic E-state index is 12.3. The van der Waals surface area contributed by atoms with Crippen molar-refractivity contribution in [3.8, 4) is 0 Å². The SMILES string of the molecule is CCOCC(NC(=O)c1ccc2cn[nH]c2c1)C(C)C. The molecule has 0 spiro atoms. The number of benzene rings is 1. The van der Waals surface area contributed by atoms with Crippen LogP contribution < -0.4 is 5.32 Å². The number of nitrogens with zero attached hydrogens (tertiary/aromatic N) is 1.